The van der Waals surface area contributed by atoms with Crippen molar-refractivity contribution in [2.24, 2.45) is 7.05 Å². The molecule has 0 atom stereocenters. The van der Waals surface area contributed by atoms with Crippen LogP contribution < -0.4 is 10.2 Å². The lowest BCUT2D eigenvalue weighted by atomic mass is 10.1. The van der Waals surface area contributed by atoms with Crippen molar-refractivity contribution in [2.75, 3.05) is 4.90 Å². The normalized spacial score (nSPS) is 16.7. The standard InChI is InChI=1S/C17H14ClN3O3/c1-10-5-6-12(9-14(10)18)21-16(23)13(15(22)19-17(21)24)8-11-4-3-7-20(11)2/h3-9H,1-2H3,(H,19,22,24)/b13-8+. The largest absolute Gasteiger partial charge is 0.351 e. The van der Waals surface area contributed by atoms with E-state index < -0.39 is 17.8 Å². The molecule has 1 aromatic heterocycles. The second kappa shape index (κ2) is 5.98. The van der Waals surface area contributed by atoms with Crippen LogP contribution in [0.1, 0.15) is 11.3 Å². The van der Waals surface area contributed by atoms with Crippen LogP contribution in [-0.4, -0.2) is 22.4 Å². The molecular formula is C17H14ClN3O3. The molecule has 0 unspecified atom stereocenters. The van der Waals surface area contributed by atoms with Crippen LogP contribution in [0.2, 0.25) is 5.02 Å². The minimum atomic E-state index is -0.797. The number of amides is 4. The number of nitrogens with zero attached hydrogens (tertiary/aromatic N) is 2. The van der Waals surface area contributed by atoms with E-state index in [1.165, 1.54) is 12.1 Å². The molecule has 2 aromatic rings. The number of hydrogen-bond donors (Lipinski definition) is 1. The van der Waals surface area contributed by atoms with Crippen LogP contribution >= 0.6 is 11.6 Å². The second-order valence-corrected chi connectivity index (χ2v) is 5.84. The molecule has 1 N–H and O–H groups in total. The average Bonchev–Trinajstić information content (AvgIpc) is 2.92. The van der Waals surface area contributed by atoms with E-state index in [0.29, 0.717) is 16.4 Å². The lowest BCUT2D eigenvalue weighted by molar-refractivity contribution is -0.122. The van der Waals surface area contributed by atoms with Gasteiger partial charge in [0, 0.05) is 24.0 Å². The number of nitrogens with one attached hydrogen (secondary N) is 1. The van der Waals surface area contributed by atoms with E-state index in [1.807, 2.05) is 6.92 Å². The summed E-state index contributed by atoms with van der Waals surface area (Å²) >= 11 is 6.07. The first kappa shape index (κ1) is 16.0. The molecule has 1 aliphatic rings. The summed E-state index contributed by atoms with van der Waals surface area (Å²) in [7, 11) is 1.79. The molecule has 0 bridgehead atoms. The smallest absolute Gasteiger partial charge is 0.335 e. The topological polar surface area (TPSA) is 71.4 Å². The van der Waals surface area contributed by atoms with Gasteiger partial charge in [0.25, 0.3) is 11.8 Å². The number of carbonyl (C=O) groups excluding carboxylic acids is 3. The Morgan fingerprint density at radius 3 is 2.54 bits per heavy atom. The number of halogens is 1. The molecule has 7 heteroatoms. The highest BCUT2D eigenvalue weighted by molar-refractivity contribution is 6.39. The maximum Gasteiger partial charge on any atom is 0.335 e. The Balaban J connectivity index is 2.04. The molecule has 1 aromatic carbocycles. The van der Waals surface area contributed by atoms with Crippen molar-refractivity contribution in [3.63, 3.8) is 0 Å². The Hall–Kier alpha value is -2.86. The van der Waals surface area contributed by atoms with Gasteiger partial charge in [-0.15, -0.1) is 0 Å². The maximum absolute atomic E-state index is 12.7. The first-order valence-electron chi connectivity index (χ1n) is 7.17. The number of aryl methyl sites for hydroxylation is 2. The van der Waals surface area contributed by atoms with E-state index >= 15 is 0 Å². The number of carbonyl (C=O) groups is 3. The van der Waals surface area contributed by atoms with Crippen LogP contribution in [0.25, 0.3) is 6.08 Å². The molecule has 2 heterocycles. The van der Waals surface area contributed by atoms with Crippen molar-refractivity contribution in [1.29, 1.82) is 0 Å². The lowest BCUT2D eigenvalue weighted by Gasteiger charge is -2.26. The zero-order valence-corrected chi connectivity index (χ0v) is 13.8. The predicted molar refractivity (Wildman–Crippen MR) is 90.6 cm³/mol. The number of anilines is 1. The Labute approximate surface area is 143 Å². The van der Waals surface area contributed by atoms with Gasteiger partial charge in [0.15, 0.2) is 0 Å². The Bertz CT molecular complexity index is 898. The number of barbiturate groups is 1. The number of imide groups is 2. The van der Waals surface area contributed by atoms with Gasteiger partial charge in [-0.2, -0.15) is 0 Å². The van der Waals surface area contributed by atoms with E-state index in [4.69, 9.17) is 11.6 Å². The van der Waals surface area contributed by atoms with E-state index in [-0.39, 0.29) is 5.57 Å². The van der Waals surface area contributed by atoms with Gasteiger partial charge in [-0.1, -0.05) is 17.7 Å². The summed E-state index contributed by atoms with van der Waals surface area (Å²) in [5.41, 5.74) is 1.68. The summed E-state index contributed by atoms with van der Waals surface area (Å²) in [6.45, 7) is 1.81. The van der Waals surface area contributed by atoms with Crippen molar-refractivity contribution in [3.8, 4) is 0 Å². The van der Waals surface area contributed by atoms with Gasteiger partial charge in [-0.25, -0.2) is 9.69 Å². The molecule has 24 heavy (non-hydrogen) atoms. The Kier molecular flexibility index (Phi) is 3.99. The zero-order valence-electron chi connectivity index (χ0n) is 13.0. The highest BCUT2D eigenvalue weighted by Gasteiger charge is 2.37. The predicted octanol–water partition coefficient (Wildman–Crippen LogP) is 2.65. The molecular weight excluding hydrogens is 330 g/mol. The fourth-order valence-electron chi connectivity index (χ4n) is 2.38. The van der Waals surface area contributed by atoms with E-state index in [0.717, 1.165) is 10.5 Å². The maximum atomic E-state index is 12.7. The molecule has 1 aliphatic heterocycles. The highest BCUT2D eigenvalue weighted by atomic mass is 35.5. The van der Waals surface area contributed by atoms with Crippen LogP contribution in [-0.2, 0) is 16.6 Å². The molecule has 1 saturated heterocycles. The summed E-state index contributed by atoms with van der Waals surface area (Å²) < 4.78 is 1.76. The van der Waals surface area contributed by atoms with Crippen molar-refractivity contribution in [1.82, 2.24) is 9.88 Å². The van der Waals surface area contributed by atoms with Crippen LogP contribution in [0.3, 0.4) is 0 Å². The first-order valence-corrected chi connectivity index (χ1v) is 7.55. The van der Waals surface area contributed by atoms with Gasteiger partial charge in [0.2, 0.25) is 0 Å². The van der Waals surface area contributed by atoms with Gasteiger partial charge >= 0.3 is 6.03 Å². The SMILES string of the molecule is Cc1ccc(N2C(=O)NC(=O)/C(=C\c3cccn3C)C2=O)cc1Cl. The minimum absolute atomic E-state index is 0.118. The zero-order chi connectivity index (χ0) is 17.4. The monoisotopic (exact) mass is 343 g/mol. The van der Waals surface area contributed by atoms with Crippen LogP contribution in [0, 0.1) is 6.92 Å². The van der Waals surface area contributed by atoms with Gasteiger partial charge in [0.1, 0.15) is 5.57 Å². The van der Waals surface area contributed by atoms with E-state index in [1.54, 1.807) is 42.1 Å². The lowest BCUT2D eigenvalue weighted by Crippen LogP contribution is -2.54. The summed E-state index contributed by atoms with van der Waals surface area (Å²) in [6.07, 6.45) is 3.24. The van der Waals surface area contributed by atoms with Crippen LogP contribution in [0.4, 0.5) is 10.5 Å². The second-order valence-electron chi connectivity index (χ2n) is 5.44. The molecule has 1 fully saturated rings. The summed E-state index contributed by atoms with van der Waals surface area (Å²) in [5, 5.41) is 2.61. The van der Waals surface area contributed by atoms with Crippen molar-refractivity contribution < 1.29 is 14.4 Å². The van der Waals surface area contributed by atoms with Crippen molar-refractivity contribution >= 4 is 41.2 Å². The van der Waals surface area contributed by atoms with Gasteiger partial charge in [-0.3, -0.25) is 14.9 Å². The molecule has 122 valence electrons. The van der Waals surface area contributed by atoms with E-state index in [2.05, 4.69) is 5.32 Å². The van der Waals surface area contributed by atoms with Gasteiger partial charge in [0.05, 0.1) is 5.69 Å². The van der Waals surface area contributed by atoms with E-state index in [9.17, 15) is 14.4 Å². The third-order valence-corrected chi connectivity index (χ3v) is 4.20. The van der Waals surface area contributed by atoms with Crippen LogP contribution in [0.15, 0.2) is 42.1 Å². The molecule has 0 spiro atoms. The number of rotatable bonds is 2. The molecule has 6 nitrogen and oxygen atoms in total. The minimum Gasteiger partial charge on any atom is -0.351 e. The number of hydrogen-bond acceptors (Lipinski definition) is 3. The Morgan fingerprint density at radius 1 is 1.17 bits per heavy atom. The molecule has 0 radical (unpaired) electrons. The summed E-state index contributed by atoms with van der Waals surface area (Å²) in [5.74, 6) is -1.41. The Morgan fingerprint density at radius 2 is 1.92 bits per heavy atom. The fourth-order valence-corrected chi connectivity index (χ4v) is 2.56. The third kappa shape index (κ3) is 2.72. The highest BCUT2D eigenvalue weighted by Crippen LogP contribution is 2.26. The quantitative estimate of drug-likeness (QED) is 0.673. The number of urea groups is 1. The number of aromatic nitrogens is 1. The van der Waals surface area contributed by atoms with Crippen LogP contribution in [0.5, 0.6) is 0 Å². The fraction of sp³-hybridized carbons (Fsp3) is 0.118. The van der Waals surface area contributed by atoms with Crippen molar-refractivity contribution in [3.05, 3.63) is 58.4 Å². The van der Waals surface area contributed by atoms with Gasteiger partial charge < -0.3 is 4.57 Å². The number of benzene rings is 1. The van der Waals surface area contributed by atoms with Gasteiger partial charge in [-0.05, 0) is 42.8 Å². The molecule has 4 amide bonds. The average molecular weight is 344 g/mol. The third-order valence-electron chi connectivity index (χ3n) is 3.79. The van der Waals surface area contributed by atoms with Crippen molar-refractivity contribution in [2.45, 2.75) is 6.92 Å². The molecule has 0 aliphatic carbocycles. The first-order chi connectivity index (χ1) is 11.4. The molecule has 0 saturated carbocycles. The summed E-state index contributed by atoms with van der Waals surface area (Å²) in [4.78, 5) is 37.8. The molecule has 3 rings (SSSR count). The summed E-state index contributed by atoms with van der Waals surface area (Å²) in [6, 6.07) is 7.58.